The maximum Gasteiger partial charge on any atom is 0.00778 e. The highest BCUT2D eigenvalue weighted by Crippen LogP contribution is 2.27. The Morgan fingerprint density at radius 3 is 2.80 bits per heavy atom. The number of nitrogens with one attached hydrogen (secondary N) is 1. The summed E-state index contributed by atoms with van der Waals surface area (Å²) in [6.45, 7) is 3.32. The first-order chi connectivity index (χ1) is 4.86. The number of thioether (sulfide) groups is 1. The second kappa shape index (κ2) is 4.24. The first-order valence-electron chi connectivity index (χ1n) is 4.13. The summed E-state index contributed by atoms with van der Waals surface area (Å²) >= 11 is 2.02. The molecule has 0 amide bonds. The summed E-state index contributed by atoms with van der Waals surface area (Å²) in [4.78, 5) is 0. The van der Waals surface area contributed by atoms with E-state index in [1.807, 2.05) is 11.8 Å². The van der Waals surface area contributed by atoms with Crippen molar-refractivity contribution >= 4 is 11.8 Å². The van der Waals surface area contributed by atoms with E-state index in [1.165, 1.54) is 19.3 Å². The zero-order chi connectivity index (χ0) is 7.40. The van der Waals surface area contributed by atoms with Crippen LogP contribution in [0.1, 0.15) is 26.2 Å². The molecule has 1 fully saturated rings. The van der Waals surface area contributed by atoms with Gasteiger partial charge >= 0.3 is 0 Å². The van der Waals surface area contributed by atoms with Crippen LogP contribution in [0, 0.1) is 0 Å². The van der Waals surface area contributed by atoms with Crippen LogP contribution in [-0.2, 0) is 0 Å². The average molecular weight is 159 g/mol. The zero-order valence-corrected chi connectivity index (χ0v) is 7.71. The monoisotopic (exact) mass is 159 g/mol. The van der Waals surface area contributed by atoms with Crippen molar-refractivity contribution in [2.24, 2.45) is 0 Å². The molecule has 0 spiro atoms. The zero-order valence-electron chi connectivity index (χ0n) is 6.89. The van der Waals surface area contributed by atoms with Crippen LogP contribution < -0.4 is 5.32 Å². The maximum absolute atomic E-state index is 3.50. The van der Waals surface area contributed by atoms with Gasteiger partial charge in [0.05, 0.1) is 0 Å². The van der Waals surface area contributed by atoms with Crippen molar-refractivity contribution < 1.29 is 0 Å². The summed E-state index contributed by atoms with van der Waals surface area (Å²) in [5.74, 6) is 0. The lowest BCUT2D eigenvalue weighted by Crippen LogP contribution is -2.25. The first-order valence-corrected chi connectivity index (χ1v) is 5.41. The van der Waals surface area contributed by atoms with Gasteiger partial charge in [0.1, 0.15) is 0 Å². The van der Waals surface area contributed by atoms with Crippen molar-refractivity contribution in [3.63, 3.8) is 0 Å². The van der Waals surface area contributed by atoms with E-state index in [-0.39, 0.29) is 0 Å². The van der Waals surface area contributed by atoms with Crippen molar-refractivity contribution in [2.75, 3.05) is 12.8 Å². The molecule has 60 valence electrons. The van der Waals surface area contributed by atoms with Crippen molar-refractivity contribution in [1.82, 2.24) is 5.32 Å². The molecule has 0 heterocycles. The van der Waals surface area contributed by atoms with Gasteiger partial charge in [-0.05, 0) is 32.1 Å². The highest BCUT2D eigenvalue weighted by Gasteiger charge is 2.22. The molecule has 1 saturated carbocycles. The van der Waals surface area contributed by atoms with Gasteiger partial charge in [-0.2, -0.15) is 11.8 Å². The quantitative estimate of drug-likeness (QED) is 0.675. The third kappa shape index (κ3) is 2.17. The topological polar surface area (TPSA) is 12.0 Å². The van der Waals surface area contributed by atoms with E-state index in [2.05, 4.69) is 18.5 Å². The van der Waals surface area contributed by atoms with Gasteiger partial charge in [0.15, 0.2) is 0 Å². The maximum atomic E-state index is 3.50. The predicted octanol–water partition coefficient (Wildman–Crippen LogP) is 1.88. The van der Waals surface area contributed by atoms with E-state index in [0.29, 0.717) is 0 Å². The molecular weight excluding hydrogens is 142 g/mol. The van der Waals surface area contributed by atoms with Crippen molar-refractivity contribution in [2.45, 2.75) is 37.5 Å². The van der Waals surface area contributed by atoms with Gasteiger partial charge in [0.25, 0.3) is 0 Å². The third-order valence-electron chi connectivity index (χ3n) is 2.21. The molecule has 1 nitrogen and oxygen atoms in total. The molecule has 0 saturated heterocycles. The van der Waals surface area contributed by atoms with Crippen LogP contribution >= 0.6 is 11.8 Å². The van der Waals surface area contributed by atoms with Crippen molar-refractivity contribution in [3.05, 3.63) is 0 Å². The lowest BCUT2D eigenvalue weighted by atomic mass is 10.2. The largest absolute Gasteiger partial charge is 0.314 e. The number of hydrogen-bond donors (Lipinski definition) is 1. The minimum atomic E-state index is 0.822. The van der Waals surface area contributed by atoms with Crippen LogP contribution in [0.3, 0.4) is 0 Å². The number of rotatable bonds is 3. The Bertz CT molecular complexity index is 95.3. The minimum absolute atomic E-state index is 0.822. The molecule has 10 heavy (non-hydrogen) atoms. The summed E-state index contributed by atoms with van der Waals surface area (Å²) in [5.41, 5.74) is 0. The van der Waals surface area contributed by atoms with Crippen LogP contribution in [-0.4, -0.2) is 24.1 Å². The number of hydrogen-bond acceptors (Lipinski definition) is 2. The highest BCUT2D eigenvalue weighted by atomic mass is 32.2. The molecule has 0 aromatic carbocycles. The van der Waals surface area contributed by atoms with Gasteiger partial charge in [-0.25, -0.2) is 0 Å². The van der Waals surface area contributed by atoms with Crippen LogP contribution in [0.4, 0.5) is 0 Å². The Balaban J connectivity index is 2.15. The van der Waals surface area contributed by atoms with E-state index in [0.717, 1.165) is 17.8 Å². The van der Waals surface area contributed by atoms with Gasteiger partial charge in [0, 0.05) is 11.3 Å². The lowest BCUT2D eigenvalue weighted by Gasteiger charge is -2.09. The lowest BCUT2D eigenvalue weighted by molar-refractivity contribution is 0.543. The Hall–Kier alpha value is 0.310. The molecular formula is C8H17NS. The molecule has 1 aliphatic carbocycles. The highest BCUT2D eigenvalue weighted by molar-refractivity contribution is 7.99. The van der Waals surface area contributed by atoms with Gasteiger partial charge in [0.2, 0.25) is 0 Å². The van der Waals surface area contributed by atoms with Gasteiger partial charge in [-0.3, -0.25) is 0 Å². The van der Waals surface area contributed by atoms with E-state index < -0.39 is 0 Å². The van der Waals surface area contributed by atoms with Crippen molar-refractivity contribution in [1.29, 1.82) is 0 Å². The SMILES string of the molecule is CCNC1CCC(SC)C1. The average Bonchev–Trinajstić information content (AvgIpc) is 2.37. The van der Waals surface area contributed by atoms with Crippen LogP contribution in [0.25, 0.3) is 0 Å². The molecule has 1 rings (SSSR count). The van der Waals surface area contributed by atoms with Crippen molar-refractivity contribution in [3.8, 4) is 0 Å². The molecule has 2 atom stereocenters. The van der Waals surface area contributed by atoms with Crippen LogP contribution in [0.5, 0.6) is 0 Å². The van der Waals surface area contributed by atoms with Crippen LogP contribution in [0.15, 0.2) is 0 Å². The Kier molecular flexibility index (Phi) is 3.57. The Labute approximate surface area is 68.0 Å². The summed E-state index contributed by atoms with van der Waals surface area (Å²) in [6, 6.07) is 0.822. The molecule has 2 heteroatoms. The summed E-state index contributed by atoms with van der Waals surface area (Å²) in [5, 5.41) is 4.43. The summed E-state index contributed by atoms with van der Waals surface area (Å²) in [7, 11) is 0. The molecule has 1 aliphatic rings. The van der Waals surface area contributed by atoms with Gasteiger partial charge in [-0.1, -0.05) is 6.92 Å². The fourth-order valence-electron chi connectivity index (χ4n) is 1.63. The van der Waals surface area contributed by atoms with E-state index in [9.17, 15) is 0 Å². The normalized spacial score (nSPS) is 33.0. The molecule has 2 unspecified atom stereocenters. The smallest absolute Gasteiger partial charge is 0.00778 e. The molecule has 0 bridgehead atoms. The summed E-state index contributed by atoms with van der Waals surface area (Å²) in [6.07, 6.45) is 6.41. The fraction of sp³-hybridized carbons (Fsp3) is 1.00. The minimum Gasteiger partial charge on any atom is -0.314 e. The molecule has 0 aromatic heterocycles. The van der Waals surface area contributed by atoms with Gasteiger partial charge in [-0.15, -0.1) is 0 Å². The molecule has 0 radical (unpaired) electrons. The van der Waals surface area contributed by atoms with Crippen LogP contribution in [0.2, 0.25) is 0 Å². The second-order valence-corrected chi connectivity index (χ2v) is 4.06. The Morgan fingerprint density at radius 2 is 2.30 bits per heavy atom. The van der Waals surface area contributed by atoms with E-state index in [4.69, 9.17) is 0 Å². The predicted molar refractivity (Wildman–Crippen MR) is 48.6 cm³/mol. The molecule has 0 aromatic rings. The molecule has 0 aliphatic heterocycles. The molecule has 1 N–H and O–H groups in total. The standard InChI is InChI=1S/C8H17NS/c1-3-9-7-4-5-8(6-7)10-2/h7-9H,3-6H2,1-2H3. The summed E-state index contributed by atoms with van der Waals surface area (Å²) < 4.78 is 0. The van der Waals surface area contributed by atoms with E-state index in [1.54, 1.807) is 0 Å². The Morgan fingerprint density at radius 1 is 1.50 bits per heavy atom. The fourth-order valence-corrected chi connectivity index (χ4v) is 2.42. The second-order valence-electron chi connectivity index (χ2n) is 2.93. The first kappa shape index (κ1) is 8.41. The van der Waals surface area contributed by atoms with E-state index >= 15 is 0 Å². The van der Waals surface area contributed by atoms with Gasteiger partial charge < -0.3 is 5.32 Å². The third-order valence-corrected chi connectivity index (χ3v) is 3.31.